The quantitative estimate of drug-likeness (QED) is 0.235. The number of carbonyl (C=O) groups is 2. The van der Waals surface area contributed by atoms with E-state index < -0.39 is 41.5 Å². The van der Waals surface area contributed by atoms with E-state index in [2.05, 4.69) is 0 Å². The van der Waals surface area contributed by atoms with Gasteiger partial charge in [0.2, 0.25) is 0 Å². The average molecular weight is 465 g/mol. The molecule has 0 unspecified atom stereocenters. The minimum Gasteiger partial charge on any atom is -0.507 e. The zero-order valence-electron chi connectivity index (χ0n) is 19.8. The zero-order valence-corrected chi connectivity index (χ0v) is 19.8. The van der Waals surface area contributed by atoms with E-state index in [-0.39, 0.29) is 35.3 Å². The number of phenols is 2. The summed E-state index contributed by atoms with van der Waals surface area (Å²) < 4.78 is 11.5. The summed E-state index contributed by atoms with van der Waals surface area (Å²) in [5.41, 5.74) is -1.13. The molecule has 0 aliphatic carbocycles. The van der Waals surface area contributed by atoms with Crippen molar-refractivity contribution in [3.05, 3.63) is 22.8 Å². The normalized spacial score (nSPS) is 29.9. The van der Waals surface area contributed by atoms with E-state index in [0.29, 0.717) is 37.5 Å². The van der Waals surface area contributed by atoms with Crippen LogP contribution in [0.5, 0.6) is 11.5 Å². The minimum atomic E-state index is -1.37. The fourth-order valence-electron chi connectivity index (χ4n) is 5.06. The number of Topliss-reactive ketones (excluding diaryl/α,β-unsaturated/α-hetero) is 1. The van der Waals surface area contributed by atoms with Crippen molar-refractivity contribution in [1.82, 2.24) is 0 Å². The first-order valence-electron chi connectivity index (χ1n) is 11.9. The topological polar surface area (TPSA) is 137 Å². The van der Waals surface area contributed by atoms with E-state index in [0.717, 1.165) is 6.42 Å². The largest absolute Gasteiger partial charge is 0.507 e. The number of benzene rings is 1. The van der Waals surface area contributed by atoms with Crippen molar-refractivity contribution in [1.29, 1.82) is 0 Å². The van der Waals surface area contributed by atoms with Crippen molar-refractivity contribution in [3.63, 3.8) is 0 Å². The Morgan fingerprint density at radius 1 is 1.21 bits per heavy atom. The SMILES string of the molecule is CCC[C@@H]1O[C@@]12[C@H](O)C[C@H]([C@@H](CCC)C(=O)c1cc(CC(C)C)c(O)c(C=O)c1O)O[C@H]2O. The van der Waals surface area contributed by atoms with Gasteiger partial charge in [0.05, 0.1) is 29.4 Å². The smallest absolute Gasteiger partial charge is 0.189 e. The summed E-state index contributed by atoms with van der Waals surface area (Å²) in [6.45, 7) is 7.77. The van der Waals surface area contributed by atoms with Crippen molar-refractivity contribution in [2.75, 3.05) is 0 Å². The summed E-state index contributed by atoms with van der Waals surface area (Å²) in [6, 6.07) is 1.43. The van der Waals surface area contributed by atoms with Crippen LogP contribution in [0.4, 0.5) is 0 Å². The fraction of sp³-hybridized carbons (Fsp3) is 0.680. The number of hydrogen-bond donors (Lipinski definition) is 4. The second-order valence-electron chi connectivity index (χ2n) is 9.70. The number of rotatable bonds is 10. The van der Waals surface area contributed by atoms with Crippen LogP contribution in [0, 0.1) is 11.8 Å². The molecule has 2 saturated heterocycles. The van der Waals surface area contributed by atoms with Crippen LogP contribution in [0.3, 0.4) is 0 Å². The molecule has 0 aromatic heterocycles. The molecule has 3 rings (SSSR count). The number of ether oxygens (including phenoxy) is 2. The molecular formula is C25H36O8. The number of aromatic hydroxyl groups is 2. The van der Waals surface area contributed by atoms with E-state index in [9.17, 15) is 30.0 Å². The van der Waals surface area contributed by atoms with Crippen molar-refractivity contribution < 1.29 is 39.5 Å². The third-order valence-electron chi connectivity index (χ3n) is 6.79. The predicted octanol–water partition coefficient (Wildman–Crippen LogP) is 3.11. The summed E-state index contributed by atoms with van der Waals surface area (Å²) >= 11 is 0. The van der Waals surface area contributed by atoms with Gasteiger partial charge in [-0.15, -0.1) is 0 Å². The van der Waals surface area contributed by atoms with E-state index in [4.69, 9.17) is 9.47 Å². The Morgan fingerprint density at radius 2 is 1.91 bits per heavy atom. The molecule has 1 aromatic rings. The second-order valence-corrected chi connectivity index (χ2v) is 9.70. The molecule has 33 heavy (non-hydrogen) atoms. The van der Waals surface area contributed by atoms with Crippen LogP contribution in [0.15, 0.2) is 6.07 Å². The monoisotopic (exact) mass is 464 g/mol. The molecular weight excluding hydrogens is 428 g/mol. The summed E-state index contributed by atoms with van der Waals surface area (Å²) in [7, 11) is 0. The van der Waals surface area contributed by atoms with Gasteiger partial charge in [0.1, 0.15) is 11.5 Å². The van der Waals surface area contributed by atoms with Gasteiger partial charge in [-0.2, -0.15) is 0 Å². The van der Waals surface area contributed by atoms with Crippen LogP contribution in [-0.2, 0) is 15.9 Å². The highest BCUT2D eigenvalue weighted by Gasteiger charge is 2.69. The van der Waals surface area contributed by atoms with Crippen LogP contribution in [-0.4, -0.2) is 62.7 Å². The van der Waals surface area contributed by atoms with Crippen LogP contribution in [0.25, 0.3) is 0 Å². The van der Waals surface area contributed by atoms with Gasteiger partial charge in [-0.05, 0) is 36.8 Å². The van der Waals surface area contributed by atoms with E-state index in [1.807, 2.05) is 27.7 Å². The number of aliphatic hydroxyl groups is 2. The molecule has 1 aromatic carbocycles. The number of ketones is 1. The van der Waals surface area contributed by atoms with E-state index in [1.54, 1.807) is 0 Å². The first kappa shape index (κ1) is 25.6. The Balaban J connectivity index is 1.92. The highest BCUT2D eigenvalue weighted by molar-refractivity contribution is 6.04. The number of phenolic OH excluding ortho intramolecular Hbond substituents is 2. The van der Waals surface area contributed by atoms with E-state index >= 15 is 0 Å². The molecule has 184 valence electrons. The fourth-order valence-corrected chi connectivity index (χ4v) is 5.06. The maximum atomic E-state index is 13.6. The molecule has 0 bridgehead atoms. The number of epoxide rings is 1. The zero-order chi connectivity index (χ0) is 24.5. The molecule has 8 heteroatoms. The van der Waals surface area contributed by atoms with Crippen molar-refractivity contribution >= 4 is 12.1 Å². The lowest BCUT2D eigenvalue weighted by atomic mass is 9.80. The predicted molar refractivity (Wildman–Crippen MR) is 120 cm³/mol. The summed E-state index contributed by atoms with van der Waals surface area (Å²) in [5, 5.41) is 42.5. The number of carbonyl (C=O) groups excluding carboxylic acids is 2. The second kappa shape index (κ2) is 10.1. The summed E-state index contributed by atoms with van der Waals surface area (Å²) in [5.74, 6) is -1.96. The maximum absolute atomic E-state index is 13.6. The molecule has 1 spiro atoms. The molecule has 0 amide bonds. The maximum Gasteiger partial charge on any atom is 0.189 e. The summed E-state index contributed by atoms with van der Waals surface area (Å²) in [6.07, 6.45) is -0.0366. The Bertz CT molecular complexity index is 868. The van der Waals surface area contributed by atoms with Gasteiger partial charge in [0, 0.05) is 12.3 Å². The van der Waals surface area contributed by atoms with Crippen molar-refractivity contribution in [3.8, 4) is 11.5 Å². The lowest BCUT2D eigenvalue weighted by Gasteiger charge is -2.39. The standard InChI is InChI=1S/C25H36O8/c1-5-7-15(18-11-19(27)25(24(31)32-18)20(33-25)8-6-2)22(29)16-10-14(9-13(3)4)21(28)17(12-26)23(16)30/h10,12-13,15,18-20,24,27-28,30-31H,5-9,11H2,1-4H3/t15-,18-,19-,20+,24-,25+/m1/s1. The molecule has 2 heterocycles. The third kappa shape index (κ3) is 4.67. The van der Waals surface area contributed by atoms with Crippen LogP contribution >= 0.6 is 0 Å². The van der Waals surface area contributed by atoms with E-state index in [1.165, 1.54) is 6.07 Å². The molecule has 8 nitrogen and oxygen atoms in total. The molecule has 0 radical (unpaired) electrons. The molecule has 2 aliphatic rings. The lowest BCUT2D eigenvalue weighted by molar-refractivity contribution is -0.239. The van der Waals surface area contributed by atoms with Crippen molar-refractivity contribution in [2.45, 2.75) is 96.4 Å². The Hall–Kier alpha value is -2.00. The number of aliphatic hydroxyl groups excluding tert-OH is 2. The van der Waals surface area contributed by atoms with Gasteiger partial charge in [-0.3, -0.25) is 9.59 Å². The molecule has 6 atom stereocenters. The van der Waals surface area contributed by atoms with Crippen LogP contribution < -0.4 is 0 Å². The average Bonchev–Trinajstić information content (AvgIpc) is 3.47. The first-order chi connectivity index (χ1) is 15.6. The van der Waals surface area contributed by atoms with Gasteiger partial charge in [0.15, 0.2) is 24.0 Å². The van der Waals surface area contributed by atoms with Gasteiger partial charge in [-0.1, -0.05) is 40.5 Å². The van der Waals surface area contributed by atoms with Gasteiger partial charge in [-0.25, -0.2) is 0 Å². The molecule has 2 fully saturated rings. The summed E-state index contributed by atoms with van der Waals surface area (Å²) in [4.78, 5) is 25.2. The van der Waals surface area contributed by atoms with Gasteiger partial charge < -0.3 is 29.9 Å². The first-order valence-corrected chi connectivity index (χ1v) is 11.9. The number of hydrogen-bond acceptors (Lipinski definition) is 8. The molecule has 2 aliphatic heterocycles. The highest BCUT2D eigenvalue weighted by Crippen LogP contribution is 2.51. The highest BCUT2D eigenvalue weighted by atomic mass is 16.7. The third-order valence-corrected chi connectivity index (χ3v) is 6.79. The van der Waals surface area contributed by atoms with Crippen molar-refractivity contribution in [2.24, 2.45) is 11.8 Å². The molecule has 4 N–H and O–H groups in total. The van der Waals surface area contributed by atoms with Crippen LogP contribution in [0.1, 0.15) is 86.1 Å². The molecule has 0 saturated carbocycles. The Morgan fingerprint density at radius 3 is 2.45 bits per heavy atom. The Labute approximate surface area is 194 Å². The van der Waals surface area contributed by atoms with Gasteiger partial charge >= 0.3 is 0 Å². The minimum absolute atomic E-state index is 0.0663. The van der Waals surface area contributed by atoms with Crippen LogP contribution in [0.2, 0.25) is 0 Å². The lowest BCUT2D eigenvalue weighted by Crippen LogP contribution is -2.55. The van der Waals surface area contributed by atoms with Gasteiger partial charge in [0.25, 0.3) is 0 Å². The Kier molecular flexibility index (Phi) is 7.84. The number of aldehydes is 1.